The first-order chi connectivity index (χ1) is 10.3. The number of amides is 1. The van der Waals surface area contributed by atoms with Gasteiger partial charge in [0, 0.05) is 0 Å². The van der Waals surface area contributed by atoms with E-state index in [0.29, 0.717) is 17.9 Å². The Hall–Kier alpha value is -2.49. The van der Waals surface area contributed by atoms with Crippen LogP contribution in [0.3, 0.4) is 0 Å². The zero-order valence-corrected chi connectivity index (χ0v) is 13.2. The highest BCUT2D eigenvalue weighted by Crippen LogP contribution is 2.44. The van der Waals surface area contributed by atoms with Crippen molar-refractivity contribution in [3.8, 4) is 0 Å². The molecular weight excluding hydrogens is 274 g/mol. The maximum absolute atomic E-state index is 12.8. The summed E-state index contributed by atoms with van der Waals surface area (Å²) in [5, 5.41) is 0. The predicted octanol–water partition coefficient (Wildman–Crippen LogP) is 2.98. The molecule has 2 aromatic carbocycles. The Balaban J connectivity index is 2.05. The maximum Gasteiger partial charge on any atom is 0.237 e. The van der Waals surface area contributed by atoms with E-state index >= 15 is 0 Å². The van der Waals surface area contributed by atoms with Crippen LogP contribution in [0, 0.1) is 6.92 Å². The number of nitrogen functional groups attached to an aromatic ring is 2. The molecule has 0 bridgehead atoms. The van der Waals surface area contributed by atoms with E-state index in [4.69, 9.17) is 11.5 Å². The van der Waals surface area contributed by atoms with Crippen molar-refractivity contribution in [3.05, 3.63) is 53.1 Å². The van der Waals surface area contributed by atoms with Crippen molar-refractivity contribution in [1.82, 2.24) is 0 Å². The van der Waals surface area contributed by atoms with Gasteiger partial charge in [0.05, 0.1) is 29.0 Å². The molecule has 4 N–H and O–H groups in total. The van der Waals surface area contributed by atoms with E-state index in [1.54, 1.807) is 4.90 Å². The van der Waals surface area contributed by atoms with Crippen LogP contribution in [0.2, 0.25) is 0 Å². The molecule has 0 fully saturated rings. The van der Waals surface area contributed by atoms with Crippen LogP contribution in [0.4, 0.5) is 17.1 Å². The van der Waals surface area contributed by atoms with Gasteiger partial charge in [-0.15, -0.1) is 0 Å². The standard InChI is InChI=1S/C18H21N3O/c1-11-4-6-12(7-5-11)10-21-16-9-15(20)14(19)8-13(16)18(2,3)17(21)22/h4-9H,10,19-20H2,1-3H3. The second-order valence-corrected chi connectivity index (χ2v) is 6.50. The van der Waals surface area contributed by atoms with Gasteiger partial charge in [-0.1, -0.05) is 29.8 Å². The maximum atomic E-state index is 12.8. The molecule has 114 valence electrons. The molecule has 2 aromatic rings. The van der Waals surface area contributed by atoms with E-state index in [9.17, 15) is 4.79 Å². The molecule has 4 nitrogen and oxygen atoms in total. The van der Waals surface area contributed by atoms with E-state index < -0.39 is 5.41 Å². The minimum atomic E-state index is -0.581. The molecule has 1 amide bonds. The fourth-order valence-electron chi connectivity index (χ4n) is 2.94. The van der Waals surface area contributed by atoms with Crippen LogP contribution in [0.1, 0.15) is 30.5 Å². The number of fused-ring (bicyclic) bond motifs is 1. The van der Waals surface area contributed by atoms with Gasteiger partial charge >= 0.3 is 0 Å². The normalized spacial score (nSPS) is 16.0. The number of hydrogen-bond donors (Lipinski definition) is 2. The number of hydrogen-bond acceptors (Lipinski definition) is 3. The minimum Gasteiger partial charge on any atom is -0.397 e. The van der Waals surface area contributed by atoms with E-state index in [-0.39, 0.29) is 5.91 Å². The number of carbonyl (C=O) groups is 1. The van der Waals surface area contributed by atoms with E-state index in [2.05, 4.69) is 12.1 Å². The molecule has 1 aliphatic rings. The summed E-state index contributed by atoms with van der Waals surface area (Å²) in [5.41, 5.74) is 16.4. The molecule has 0 atom stereocenters. The van der Waals surface area contributed by atoms with E-state index in [1.165, 1.54) is 5.56 Å². The Morgan fingerprint density at radius 1 is 1.05 bits per heavy atom. The Labute approximate surface area is 130 Å². The number of benzene rings is 2. The number of anilines is 3. The molecular formula is C18H21N3O. The average molecular weight is 295 g/mol. The molecule has 3 rings (SSSR count). The zero-order chi connectivity index (χ0) is 16.1. The van der Waals surface area contributed by atoms with Crippen LogP contribution in [0.5, 0.6) is 0 Å². The lowest BCUT2D eigenvalue weighted by atomic mass is 9.86. The van der Waals surface area contributed by atoms with Gasteiger partial charge in [0.25, 0.3) is 0 Å². The van der Waals surface area contributed by atoms with Gasteiger partial charge in [-0.25, -0.2) is 0 Å². The molecule has 22 heavy (non-hydrogen) atoms. The first-order valence-corrected chi connectivity index (χ1v) is 7.37. The molecule has 0 radical (unpaired) electrons. The fraction of sp³-hybridized carbons (Fsp3) is 0.278. The first kappa shape index (κ1) is 14.4. The summed E-state index contributed by atoms with van der Waals surface area (Å²) in [6.45, 7) is 6.45. The van der Waals surface area contributed by atoms with Crippen LogP contribution in [0.25, 0.3) is 0 Å². The molecule has 1 aliphatic heterocycles. The summed E-state index contributed by atoms with van der Waals surface area (Å²) in [7, 11) is 0. The van der Waals surface area contributed by atoms with Crippen molar-refractivity contribution in [1.29, 1.82) is 0 Å². The molecule has 0 aromatic heterocycles. The lowest BCUT2D eigenvalue weighted by Crippen LogP contribution is -2.35. The number of rotatable bonds is 2. The minimum absolute atomic E-state index is 0.0769. The summed E-state index contributed by atoms with van der Waals surface area (Å²) in [5.74, 6) is 0.0769. The fourth-order valence-corrected chi connectivity index (χ4v) is 2.94. The topological polar surface area (TPSA) is 72.3 Å². The zero-order valence-electron chi connectivity index (χ0n) is 13.2. The lowest BCUT2D eigenvalue weighted by molar-refractivity contribution is -0.122. The number of nitrogens with zero attached hydrogens (tertiary/aromatic N) is 1. The molecule has 0 unspecified atom stereocenters. The highest BCUT2D eigenvalue weighted by molar-refractivity contribution is 6.08. The van der Waals surface area contributed by atoms with Crippen molar-refractivity contribution in [2.45, 2.75) is 32.7 Å². The SMILES string of the molecule is Cc1ccc(CN2C(=O)C(C)(C)c3cc(N)c(N)cc32)cc1. The summed E-state index contributed by atoms with van der Waals surface area (Å²) >= 11 is 0. The smallest absolute Gasteiger partial charge is 0.237 e. The van der Waals surface area contributed by atoms with Crippen LogP contribution >= 0.6 is 0 Å². The Morgan fingerprint density at radius 2 is 1.64 bits per heavy atom. The largest absolute Gasteiger partial charge is 0.397 e. The summed E-state index contributed by atoms with van der Waals surface area (Å²) < 4.78 is 0. The van der Waals surface area contributed by atoms with Crippen molar-refractivity contribution in [2.24, 2.45) is 0 Å². The molecule has 0 saturated heterocycles. The molecule has 0 aliphatic carbocycles. The van der Waals surface area contributed by atoms with Gasteiger partial charge in [-0.2, -0.15) is 0 Å². The third-order valence-electron chi connectivity index (χ3n) is 4.41. The van der Waals surface area contributed by atoms with Gasteiger partial charge in [0.1, 0.15) is 0 Å². The molecule has 4 heteroatoms. The highest BCUT2D eigenvalue weighted by atomic mass is 16.2. The third kappa shape index (κ3) is 2.11. The summed E-state index contributed by atoms with van der Waals surface area (Å²) in [6.07, 6.45) is 0. The second kappa shape index (κ2) is 4.77. The molecule has 1 heterocycles. The second-order valence-electron chi connectivity index (χ2n) is 6.50. The van der Waals surface area contributed by atoms with Gasteiger partial charge in [0.15, 0.2) is 0 Å². The van der Waals surface area contributed by atoms with Crippen LogP contribution < -0.4 is 16.4 Å². The first-order valence-electron chi connectivity index (χ1n) is 7.37. The number of nitrogens with two attached hydrogens (primary N) is 2. The van der Waals surface area contributed by atoms with Gasteiger partial charge < -0.3 is 16.4 Å². The van der Waals surface area contributed by atoms with Gasteiger partial charge in [0.2, 0.25) is 5.91 Å². The number of carbonyl (C=O) groups excluding carboxylic acids is 1. The van der Waals surface area contributed by atoms with Crippen molar-refractivity contribution in [2.75, 3.05) is 16.4 Å². The van der Waals surface area contributed by atoms with Crippen LogP contribution in [-0.2, 0) is 16.8 Å². The van der Waals surface area contributed by atoms with Crippen LogP contribution in [-0.4, -0.2) is 5.91 Å². The average Bonchev–Trinajstić information content (AvgIpc) is 2.64. The quantitative estimate of drug-likeness (QED) is 0.837. The Kier molecular flexibility index (Phi) is 3.13. The molecule has 0 spiro atoms. The van der Waals surface area contributed by atoms with E-state index in [0.717, 1.165) is 16.8 Å². The Morgan fingerprint density at radius 3 is 2.27 bits per heavy atom. The van der Waals surface area contributed by atoms with Crippen LogP contribution in [0.15, 0.2) is 36.4 Å². The third-order valence-corrected chi connectivity index (χ3v) is 4.41. The monoisotopic (exact) mass is 295 g/mol. The lowest BCUT2D eigenvalue weighted by Gasteiger charge is -2.20. The Bertz CT molecular complexity index is 748. The van der Waals surface area contributed by atoms with Crippen molar-refractivity contribution >= 4 is 23.0 Å². The predicted molar refractivity (Wildman–Crippen MR) is 90.7 cm³/mol. The van der Waals surface area contributed by atoms with Gasteiger partial charge in [-0.3, -0.25) is 4.79 Å². The van der Waals surface area contributed by atoms with E-state index in [1.807, 2.05) is 45.0 Å². The number of aryl methyl sites for hydroxylation is 1. The molecule has 0 saturated carbocycles. The highest BCUT2D eigenvalue weighted by Gasteiger charge is 2.44. The van der Waals surface area contributed by atoms with Crippen molar-refractivity contribution in [3.63, 3.8) is 0 Å². The summed E-state index contributed by atoms with van der Waals surface area (Å²) in [6, 6.07) is 11.9. The van der Waals surface area contributed by atoms with Crippen molar-refractivity contribution < 1.29 is 4.79 Å². The van der Waals surface area contributed by atoms with Gasteiger partial charge in [-0.05, 0) is 44.0 Å². The summed E-state index contributed by atoms with van der Waals surface area (Å²) in [4.78, 5) is 14.6.